The molecule has 3 aliphatic carbocycles. The Morgan fingerprint density at radius 1 is 1.28 bits per heavy atom. The highest BCUT2D eigenvalue weighted by Crippen LogP contribution is 2.65. The van der Waals surface area contributed by atoms with Gasteiger partial charge in [-0.05, 0) is 54.1 Å². The van der Waals surface area contributed by atoms with Crippen LogP contribution in [-0.4, -0.2) is 28.7 Å². The molecule has 5 atom stereocenters. The minimum absolute atomic E-state index is 0.00495. The summed E-state index contributed by atoms with van der Waals surface area (Å²) in [5, 5.41) is 19.5. The number of fused-ring (bicyclic) bond motifs is 3. The maximum absolute atomic E-state index is 12.4. The van der Waals surface area contributed by atoms with Gasteiger partial charge in [0.25, 0.3) is 0 Å². The van der Waals surface area contributed by atoms with Gasteiger partial charge in [-0.3, -0.25) is 4.79 Å². The Labute approximate surface area is 108 Å². The third kappa shape index (κ3) is 1.29. The summed E-state index contributed by atoms with van der Waals surface area (Å²) in [6, 6.07) is 0. The number of allylic oxidation sites excluding steroid dienone is 1. The van der Waals surface area contributed by atoms with Crippen molar-refractivity contribution < 1.29 is 15.0 Å². The van der Waals surface area contributed by atoms with Crippen molar-refractivity contribution in [2.45, 2.75) is 46.1 Å². The molecule has 18 heavy (non-hydrogen) atoms. The summed E-state index contributed by atoms with van der Waals surface area (Å²) < 4.78 is 0. The van der Waals surface area contributed by atoms with Gasteiger partial charge in [-0.25, -0.2) is 0 Å². The van der Waals surface area contributed by atoms with Crippen LogP contribution in [0.15, 0.2) is 11.1 Å². The summed E-state index contributed by atoms with van der Waals surface area (Å²) in [5.74, 6) is 0.580. The Morgan fingerprint density at radius 2 is 1.94 bits per heavy atom. The van der Waals surface area contributed by atoms with Gasteiger partial charge in [0.1, 0.15) is 0 Å². The van der Waals surface area contributed by atoms with Gasteiger partial charge in [-0.2, -0.15) is 0 Å². The van der Waals surface area contributed by atoms with Gasteiger partial charge >= 0.3 is 0 Å². The molecule has 0 unspecified atom stereocenters. The molecule has 2 saturated carbocycles. The average molecular weight is 250 g/mol. The number of Topliss-reactive ketones (excluding diaryl/α,β-unsaturated/α-hetero) is 1. The Balaban J connectivity index is 2.04. The molecule has 2 fully saturated rings. The first-order valence-corrected chi connectivity index (χ1v) is 6.87. The first kappa shape index (κ1) is 12.4. The molecule has 3 rings (SSSR count). The van der Waals surface area contributed by atoms with E-state index in [9.17, 15) is 15.0 Å². The van der Waals surface area contributed by atoms with Crippen LogP contribution in [0, 0.1) is 22.7 Å². The molecule has 2 N–H and O–H groups in total. The smallest absolute Gasteiger partial charge is 0.162 e. The van der Waals surface area contributed by atoms with E-state index >= 15 is 0 Å². The predicted molar refractivity (Wildman–Crippen MR) is 67.8 cm³/mol. The average Bonchev–Trinajstić information content (AvgIpc) is 2.66. The van der Waals surface area contributed by atoms with Crippen molar-refractivity contribution in [1.29, 1.82) is 0 Å². The molecule has 100 valence electrons. The third-order valence-electron chi connectivity index (χ3n) is 5.79. The molecule has 3 heteroatoms. The van der Waals surface area contributed by atoms with E-state index in [2.05, 4.69) is 13.8 Å². The van der Waals surface area contributed by atoms with E-state index in [-0.39, 0.29) is 29.1 Å². The fourth-order valence-corrected chi connectivity index (χ4v) is 4.81. The Bertz CT molecular complexity index is 453. The van der Waals surface area contributed by atoms with E-state index in [0.29, 0.717) is 5.92 Å². The highest BCUT2D eigenvalue weighted by molar-refractivity contribution is 6.00. The quantitative estimate of drug-likeness (QED) is 0.744. The van der Waals surface area contributed by atoms with Crippen LogP contribution in [0.1, 0.15) is 40.0 Å². The van der Waals surface area contributed by atoms with E-state index in [1.165, 1.54) is 0 Å². The second-order valence-corrected chi connectivity index (χ2v) is 7.13. The monoisotopic (exact) mass is 250 g/mol. The fraction of sp³-hybridized carbons (Fsp3) is 0.800. The zero-order chi connectivity index (χ0) is 13.3. The van der Waals surface area contributed by atoms with Gasteiger partial charge < -0.3 is 10.2 Å². The normalized spacial score (nSPS) is 50.9. The zero-order valence-corrected chi connectivity index (χ0v) is 11.4. The van der Waals surface area contributed by atoms with Crippen molar-refractivity contribution in [3.8, 4) is 0 Å². The first-order chi connectivity index (χ1) is 8.32. The van der Waals surface area contributed by atoms with Crippen LogP contribution in [0.3, 0.4) is 0 Å². The molecule has 0 saturated heterocycles. The lowest BCUT2D eigenvalue weighted by atomic mass is 9.50. The largest absolute Gasteiger partial charge is 0.396 e. The van der Waals surface area contributed by atoms with Crippen LogP contribution in [0.5, 0.6) is 0 Å². The number of hydrogen-bond donors (Lipinski definition) is 2. The van der Waals surface area contributed by atoms with Gasteiger partial charge in [0.2, 0.25) is 0 Å². The number of rotatable bonds is 1. The molecular formula is C15H22O3. The van der Waals surface area contributed by atoms with Crippen LogP contribution in [0.4, 0.5) is 0 Å². The first-order valence-electron chi connectivity index (χ1n) is 6.87. The molecule has 0 aromatic carbocycles. The maximum Gasteiger partial charge on any atom is 0.162 e. The lowest BCUT2D eigenvalue weighted by Crippen LogP contribution is -2.53. The second kappa shape index (κ2) is 3.45. The lowest BCUT2D eigenvalue weighted by molar-refractivity contribution is -0.126. The third-order valence-corrected chi connectivity index (χ3v) is 5.79. The maximum atomic E-state index is 12.4. The molecule has 0 aromatic heterocycles. The molecule has 0 bridgehead atoms. The van der Waals surface area contributed by atoms with Gasteiger partial charge in [0, 0.05) is 12.5 Å². The van der Waals surface area contributed by atoms with Crippen LogP contribution < -0.4 is 0 Å². The van der Waals surface area contributed by atoms with Gasteiger partial charge in [0.15, 0.2) is 5.78 Å². The van der Waals surface area contributed by atoms with Crippen molar-refractivity contribution in [3.05, 3.63) is 11.1 Å². The van der Waals surface area contributed by atoms with Gasteiger partial charge in [0.05, 0.1) is 6.10 Å². The summed E-state index contributed by atoms with van der Waals surface area (Å²) in [4.78, 5) is 12.4. The molecule has 0 spiro atoms. The predicted octanol–water partition coefficient (Wildman–Crippen LogP) is 1.68. The summed E-state index contributed by atoms with van der Waals surface area (Å²) in [7, 11) is 0. The van der Waals surface area contributed by atoms with E-state index in [0.717, 1.165) is 30.4 Å². The van der Waals surface area contributed by atoms with Crippen molar-refractivity contribution >= 4 is 5.78 Å². The molecule has 3 nitrogen and oxygen atoms in total. The van der Waals surface area contributed by atoms with Gasteiger partial charge in [-0.15, -0.1) is 0 Å². The Morgan fingerprint density at radius 3 is 2.50 bits per heavy atom. The second-order valence-electron chi connectivity index (χ2n) is 7.13. The van der Waals surface area contributed by atoms with Gasteiger partial charge in [-0.1, -0.05) is 13.8 Å². The number of carbonyl (C=O) groups excluding carboxylic acids is 1. The lowest BCUT2D eigenvalue weighted by Gasteiger charge is -2.55. The van der Waals surface area contributed by atoms with Crippen molar-refractivity contribution in [2.75, 3.05) is 6.61 Å². The molecule has 0 heterocycles. The number of carbonyl (C=O) groups is 1. The summed E-state index contributed by atoms with van der Waals surface area (Å²) >= 11 is 0. The molecule has 0 aliphatic heterocycles. The molecule has 3 aliphatic rings. The highest BCUT2D eigenvalue weighted by atomic mass is 16.3. The zero-order valence-electron chi connectivity index (χ0n) is 11.4. The van der Waals surface area contributed by atoms with E-state index in [1.54, 1.807) is 0 Å². The number of aliphatic hydroxyl groups excluding tert-OH is 2. The minimum atomic E-state index is -0.416. The van der Waals surface area contributed by atoms with Crippen LogP contribution in [0.25, 0.3) is 0 Å². The van der Waals surface area contributed by atoms with E-state index < -0.39 is 6.10 Å². The molecular weight excluding hydrogens is 228 g/mol. The molecule has 0 amide bonds. The Hall–Kier alpha value is -0.670. The minimum Gasteiger partial charge on any atom is -0.396 e. The van der Waals surface area contributed by atoms with Crippen molar-refractivity contribution in [1.82, 2.24) is 0 Å². The Kier molecular flexibility index (Phi) is 2.37. The molecule has 0 aromatic rings. The standard InChI is InChI=1S/C15H22O3/c1-8-12-11(17)6-15(12,3)10-5-14(2,7-16)4-9(10)13(8)18/h9-11,16-17H,4-7H2,1-3H3/t9-,10+,11+,14-,15-/m1/s1. The van der Waals surface area contributed by atoms with Crippen molar-refractivity contribution in [2.24, 2.45) is 22.7 Å². The number of aliphatic hydroxyl groups is 2. The SMILES string of the molecule is CC1=C2[C@@H](O)C[C@]2(C)[C@H]2C[C@](C)(CO)C[C@H]2C1=O. The van der Waals surface area contributed by atoms with E-state index in [1.807, 2.05) is 6.92 Å². The van der Waals surface area contributed by atoms with Crippen LogP contribution in [-0.2, 0) is 4.79 Å². The van der Waals surface area contributed by atoms with E-state index in [4.69, 9.17) is 0 Å². The van der Waals surface area contributed by atoms with Crippen molar-refractivity contribution in [3.63, 3.8) is 0 Å². The molecule has 0 radical (unpaired) electrons. The number of ketones is 1. The van der Waals surface area contributed by atoms with Crippen LogP contribution in [0.2, 0.25) is 0 Å². The summed E-state index contributed by atoms with van der Waals surface area (Å²) in [6.45, 7) is 6.28. The summed E-state index contributed by atoms with van der Waals surface area (Å²) in [5.41, 5.74) is 1.65. The topological polar surface area (TPSA) is 57.5 Å². The van der Waals surface area contributed by atoms with Crippen LogP contribution >= 0.6 is 0 Å². The number of hydrogen-bond acceptors (Lipinski definition) is 3. The fourth-order valence-electron chi connectivity index (χ4n) is 4.81. The highest BCUT2D eigenvalue weighted by Gasteiger charge is 2.62. The summed E-state index contributed by atoms with van der Waals surface area (Å²) in [6.07, 6.45) is 2.06.